The highest BCUT2D eigenvalue weighted by molar-refractivity contribution is 6.31. The summed E-state index contributed by atoms with van der Waals surface area (Å²) in [5.74, 6) is 0.677. The van der Waals surface area contributed by atoms with Gasteiger partial charge in [-0.25, -0.2) is 4.98 Å². The summed E-state index contributed by atoms with van der Waals surface area (Å²) < 4.78 is 5.99. The van der Waals surface area contributed by atoms with E-state index in [0.29, 0.717) is 17.4 Å². The van der Waals surface area contributed by atoms with E-state index >= 15 is 0 Å². The molecule has 3 rings (SSSR count). The van der Waals surface area contributed by atoms with Crippen LogP contribution in [0.1, 0.15) is 47.3 Å². The molecule has 4 nitrogen and oxygen atoms in total. The van der Waals surface area contributed by atoms with Gasteiger partial charge in [0.2, 0.25) is 0 Å². The van der Waals surface area contributed by atoms with Gasteiger partial charge in [-0.1, -0.05) is 31.5 Å². The molecule has 3 aromatic rings. The Morgan fingerprint density at radius 2 is 2.09 bits per heavy atom. The Bertz CT molecular complexity index is 884. The zero-order chi connectivity index (χ0) is 16.6. The highest BCUT2D eigenvalue weighted by Gasteiger charge is 2.13. The van der Waals surface area contributed by atoms with Gasteiger partial charge in [-0.3, -0.25) is 4.79 Å². The Kier molecular flexibility index (Phi) is 4.09. The lowest BCUT2D eigenvalue weighted by molar-refractivity contribution is 0.0995. The van der Waals surface area contributed by atoms with Crippen molar-refractivity contribution in [2.45, 2.75) is 26.2 Å². The number of halogens is 1. The maximum atomic E-state index is 11.3. The van der Waals surface area contributed by atoms with Crippen LogP contribution < -0.4 is 5.73 Å². The van der Waals surface area contributed by atoms with Crippen molar-refractivity contribution in [2.75, 3.05) is 0 Å². The Morgan fingerprint density at radius 1 is 1.30 bits per heavy atom. The van der Waals surface area contributed by atoms with Crippen molar-refractivity contribution in [3.8, 4) is 0 Å². The van der Waals surface area contributed by atoms with Crippen molar-refractivity contribution in [2.24, 2.45) is 5.73 Å². The van der Waals surface area contributed by atoms with E-state index < -0.39 is 5.91 Å². The average molecular weight is 329 g/mol. The summed E-state index contributed by atoms with van der Waals surface area (Å²) in [6.45, 7) is 4.16. The summed E-state index contributed by atoms with van der Waals surface area (Å²) in [5, 5.41) is 1.62. The molecule has 2 N–H and O–H groups in total. The summed E-state index contributed by atoms with van der Waals surface area (Å²) in [4.78, 5) is 15.6. The van der Waals surface area contributed by atoms with E-state index in [1.807, 2.05) is 24.3 Å². The van der Waals surface area contributed by atoms with Crippen molar-refractivity contribution in [3.05, 3.63) is 64.1 Å². The number of rotatable bonds is 4. The lowest BCUT2D eigenvalue weighted by atomic mass is 10.1. The fourth-order valence-electron chi connectivity index (χ4n) is 2.53. The largest absolute Gasteiger partial charge is 0.461 e. The first kappa shape index (κ1) is 15.6. The molecule has 2 heterocycles. The van der Waals surface area contributed by atoms with E-state index in [9.17, 15) is 4.79 Å². The Hall–Kier alpha value is -2.33. The van der Waals surface area contributed by atoms with Gasteiger partial charge < -0.3 is 10.2 Å². The number of furan rings is 1. The molecule has 0 bridgehead atoms. The zero-order valence-corrected chi connectivity index (χ0v) is 13.7. The molecular weight excluding hydrogens is 312 g/mol. The molecule has 118 valence electrons. The molecule has 0 fully saturated rings. The third-order valence-electron chi connectivity index (χ3n) is 3.68. The monoisotopic (exact) mass is 328 g/mol. The van der Waals surface area contributed by atoms with Crippen LogP contribution in [0, 0.1) is 0 Å². The second-order valence-electron chi connectivity index (χ2n) is 5.84. The molecule has 1 amide bonds. The van der Waals surface area contributed by atoms with Crippen molar-refractivity contribution >= 4 is 28.5 Å². The number of primary amides is 1. The zero-order valence-electron chi connectivity index (χ0n) is 13.0. The summed E-state index contributed by atoms with van der Waals surface area (Å²) >= 11 is 6.22. The molecule has 0 aliphatic heterocycles. The number of amides is 1. The Morgan fingerprint density at radius 3 is 2.78 bits per heavy atom. The molecule has 0 spiro atoms. The number of carbonyl (C=O) groups is 1. The van der Waals surface area contributed by atoms with Gasteiger partial charge in [-0.15, -0.1) is 0 Å². The van der Waals surface area contributed by atoms with Crippen LogP contribution in [0.4, 0.5) is 0 Å². The molecule has 0 radical (unpaired) electrons. The molecule has 0 atom stereocenters. The van der Waals surface area contributed by atoms with E-state index in [1.54, 1.807) is 12.1 Å². The lowest BCUT2D eigenvalue weighted by Gasteiger charge is -2.05. The number of hydrogen-bond donors (Lipinski definition) is 1. The van der Waals surface area contributed by atoms with Gasteiger partial charge in [0.05, 0.1) is 0 Å². The first-order valence-corrected chi connectivity index (χ1v) is 7.79. The van der Waals surface area contributed by atoms with E-state index in [1.165, 1.54) is 0 Å². The van der Waals surface area contributed by atoms with Crippen LogP contribution in [-0.2, 0) is 6.42 Å². The minimum absolute atomic E-state index is 0.253. The molecule has 23 heavy (non-hydrogen) atoms. The number of hydrogen-bond acceptors (Lipinski definition) is 3. The summed E-state index contributed by atoms with van der Waals surface area (Å²) in [6, 6.07) is 11.0. The summed E-state index contributed by atoms with van der Waals surface area (Å²) in [5.41, 5.74) is 8.03. The number of fused-ring (bicyclic) bond motifs is 1. The van der Waals surface area contributed by atoms with Crippen molar-refractivity contribution in [1.82, 2.24) is 4.98 Å². The van der Waals surface area contributed by atoms with Gasteiger partial charge in [0.15, 0.2) is 0 Å². The molecule has 0 saturated carbocycles. The number of nitrogens with zero attached hydrogens (tertiary/aromatic N) is 1. The molecule has 0 aliphatic carbocycles. The Balaban J connectivity index is 2.05. The Labute approximate surface area is 139 Å². The summed E-state index contributed by atoms with van der Waals surface area (Å²) in [6.07, 6.45) is 0.517. The van der Waals surface area contributed by atoms with Crippen LogP contribution in [0.15, 0.2) is 40.8 Å². The van der Waals surface area contributed by atoms with Crippen LogP contribution in [0.5, 0.6) is 0 Å². The van der Waals surface area contributed by atoms with Crippen LogP contribution in [0.2, 0.25) is 5.02 Å². The topological polar surface area (TPSA) is 69.1 Å². The van der Waals surface area contributed by atoms with E-state index in [0.717, 1.165) is 28.0 Å². The van der Waals surface area contributed by atoms with E-state index in [4.69, 9.17) is 21.8 Å². The quantitative estimate of drug-likeness (QED) is 0.776. The number of nitrogens with two attached hydrogens (primary N) is 1. The predicted molar refractivity (Wildman–Crippen MR) is 90.9 cm³/mol. The van der Waals surface area contributed by atoms with Crippen LogP contribution >= 0.6 is 11.6 Å². The second kappa shape index (κ2) is 6.05. The van der Waals surface area contributed by atoms with Gasteiger partial charge in [0, 0.05) is 34.0 Å². The van der Waals surface area contributed by atoms with Gasteiger partial charge in [-0.05, 0) is 30.3 Å². The van der Waals surface area contributed by atoms with E-state index in [-0.39, 0.29) is 5.69 Å². The second-order valence-corrected chi connectivity index (χ2v) is 6.28. The number of carbonyl (C=O) groups excluding carboxylic acids is 1. The molecular formula is C18H17ClN2O2. The van der Waals surface area contributed by atoms with Crippen molar-refractivity contribution in [1.29, 1.82) is 0 Å². The summed E-state index contributed by atoms with van der Waals surface area (Å²) in [7, 11) is 0. The minimum Gasteiger partial charge on any atom is -0.461 e. The number of benzene rings is 1. The SMILES string of the molecule is CC(C)c1cc2cc(Cl)cc(Cc3cccc(C(N)=O)n3)c2o1. The maximum absolute atomic E-state index is 11.3. The van der Waals surface area contributed by atoms with Gasteiger partial charge in [0.1, 0.15) is 17.0 Å². The highest BCUT2D eigenvalue weighted by atomic mass is 35.5. The molecule has 1 aromatic carbocycles. The standard InChI is InChI=1S/C18H17ClN2O2/c1-10(2)16-9-12-7-13(19)6-11(17(12)23-16)8-14-4-3-5-15(21-14)18(20)22/h3-7,9-10H,8H2,1-2H3,(H2,20,22). The van der Waals surface area contributed by atoms with Crippen molar-refractivity contribution < 1.29 is 9.21 Å². The fourth-order valence-corrected chi connectivity index (χ4v) is 2.78. The smallest absolute Gasteiger partial charge is 0.267 e. The van der Waals surface area contributed by atoms with Crippen LogP contribution in [0.3, 0.4) is 0 Å². The first-order valence-electron chi connectivity index (χ1n) is 7.41. The highest BCUT2D eigenvalue weighted by Crippen LogP contribution is 2.31. The van der Waals surface area contributed by atoms with Gasteiger partial charge in [0.25, 0.3) is 5.91 Å². The van der Waals surface area contributed by atoms with Gasteiger partial charge >= 0.3 is 0 Å². The molecule has 2 aromatic heterocycles. The molecule has 0 aliphatic rings. The van der Waals surface area contributed by atoms with Crippen LogP contribution in [-0.4, -0.2) is 10.9 Å². The predicted octanol–water partition coefficient (Wildman–Crippen LogP) is 4.29. The fraction of sp³-hybridized carbons (Fsp3) is 0.222. The third kappa shape index (κ3) is 3.22. The van der Waals surface area contributed by atoms with E-state index in [2.05, 4.69) is 18.8 Å². The molecule has 0 unspecified atom stereocenters. The first-order chi connectivity index (χ1) is 10.9. The van der Waals surface area contributed by atoms with Crippen LogP contribution in [0.25, 0.3) is 11.0 Å². The number of aromatic nitrogens is 1. The average Bonchev–Trinajstić information content (AvgIpc) is 2.91. The van der Waals surface area contributed by atoms with Gasteiger partial charge in [-0.2, -0.15) is 0 Å². The number of pyridine rings is 1. The maximum Gasteiger partial charge on any atom is 0.267 e. The lowest BCUT2D eigenvalue weighted by Crippen LogP contribution is -2.13. The molecule has 0 saturated heterocycles. The third-order valence-corrected chi connectivity index (χ3v) is 3.90. The minimum atomic E-state index is -0.539. The normalized spacial score (nSPS) is 11.3. The van der Waals surface area contributed by atoms with Crippen molar-refractivity contribution in [3.63, 3.8) is 0 Å². The molecule has 5 heteroatoms.